The van der Waals surface area contributed by atoms with Crippen LogP contribution in [0, 0.1) is 0 Å². The predicted octanol–water partition coefficient (Wildman–Crippen LogP) is 5.92. The van der Waals surface area contributed by atoms with Gasteiger partial charge in [-0.3, -0.25) is 14.4 Å². The second kappa shape index (κ2) is 11.9. The summed E-state index contributed by atoms with van der Waals surface area (Å²) in [6, 6.07) is 17.2. The van der Waals surface area contributed by atoms with Crippen LogP contribution in [0.4, 0.5) is 11.4 Å². The van der Waals surface area contributed by atoms with E-state index in [0.29, 0.717) is 26.9 Å². The van der Waals surface area contributed by atoms with Gasteiger partial charge >= 0.3 is 5.97 Å². The number of nitrogens with zero attached hydrogens (tertiary/aromatic N) is 1. The molecule has 1 heterocycles. The van der Waals surface area contributed by atoms with E-state index >= 15 is 0 Å². The molecule has 0 aliphatic carbocycles. The first-order chi connectivity index (χ1) is 18.5. The fourth-order valence-electron chi connectivity index (χ4n) is 3.69. The number of imide groups is 1. The molecule has 3 aromatic rings. The molecule has 8 nitrogen and oxygen atoms in total. The molecule has 0 atom stereocenters. The fraction of sp³-hybridized carbons (Fsp3) is 0.143. The summed E-state index contributed by atoms with van der Waals surface area (Å²) in [5, 5.41) is 6.27. The van der Waals surface area contributed by atoms with Gasteiger partial charge < -0.3 is 15.4 Å². The highest BCUT2D eigenvalue weighted by Crippen LogP contribution is 2.31. The zero-order chi connectivity index (χ0) is 28.3. The summed E-state index contributed by atoms with van der Waals surface area (Å²) in [6.45, 7) is 3.64. The van der Waals surface area contributed by atoms with Gasteiger partial charge in [0, 0.05) is 27.8 Å². The maximum atomic E-state index is 13.1. The van der Waals surface area contributed by atoms with Crippen molar-refractivity contribution >= 4 is 69.9 Å². The third-order valence-corrected chi connectivity index (χ3v) is 6.52. The minimum absolute atomic E-state index is 0.133. The Morgan fingerprint density at radius 2 is 1.62 bits per heavy atom. The molecule has 1 aliphatic rings. The Kier molecular flexibility index (Phi) is 8.60. The highest BCUT2D eigenvalue weighted by Gasteiger charge is 2.39. The Morgan fingerprint density at radius 1 is 0.897 bits per heavy atom. The van der Waals surface area contributed by atoms with E-state index in [4.69, 9.17) is 39.5 Å². The van der Waals surface area contributed by atoms with Crippen LogP contribution in [0.15, 0.2) is 77.5 Å². The highest BCUT2D eigenvalue weighted by molar-refractivity contribution is 6.53. The second-order valence-electron chi connectivity index (χ2n) is 8.76. The molecular weight excluding hydrogens is 565 g/mol. The molecule has 3 aromatic carbocycles. The molecule has 0 saturated heterocycles. The van der Waals surface area contributed by atoms with Crippen molar-refractivity contribution in [3.05, 3.63) is 104 Å². The average molecular weight is 587 g/mol. The molecule has 39 heavy (non-hydrogen) atoms. The molecule has 0 saturated carbocycles. The normalized spacial score (nSPS) is 13.2. The lowest BCUT2D eigenvalue weighted by Gasteiger charge is -2.16. The summed E-state index contributed by atoms with van der Waals surface area (Å²) in [5.74, 6) is -2.35. The Morgan fingerprint density at radius 3 is 2.28 bits per heavy atom. The number of anilines is 2. The lowest BCUT2D eigenvalue weighted by atomic mass is 10.1. The van der Waals surface area contributed by atoms with Crippen LogP contribution < -0.4 is 15.5 Å². The van der Waals surface area contributed by atoms with Crippen LogP contribution in [-0.4, -0.2) is 29.8 Å². The lowest BCUT2D eigenvalue weighted by molar-refractivity contribution is -0.120. The van der Waals surface area contributed by atoms with Gasteiger partial charge in [-0.2, -0.15) is 0 Å². The third-order valence-electron chi connectivity index (χ3n) is 5.58. The number of hydrogen-bond acceptors (Lipinski definition) is 6. The van der Waals surface area contributed by atoms with Crippen LogP contribution in [0.1, 0.15) is 40.1 Å². The molecule has 2 N–H and O–H groups in total. The second-order valence-corrected chi connectivity index (χ2v) is 9.98. The minimum Gasteiger partial charge on any atom is -0.459 e. The van der Waals surface area contributed by atoms with Gasteiger partial charge in [0.05, 0.1) is 17.4 Å². The first-order valence-corrected chi connectivity index (χ1v) is 12.9. The molecule has 0 unspecified atom stereocenters. The topological polar surface area (TPSA) is 105 Å². The van der Waals surface area contributed by atoms with Crippen LogP contribution in [0.25, 0.3) is 0 Å². The van der Waals surface area contributed by atoms with Gasteiger partial charge in [0.2, 0.25) is 0 Å². The van der Waals surface area contributed by atoms with Crippen molar-refractivity contribution in [2.75, 3.05) is 10.2 Å². The number of halogens is 3. The first-order valence-electron chi connectivity index (χ1n) is 11.7. The third kappa shape index (κ3) is 6.42. The largest absolute Gasteiger partial charge is 0.459 e. The number of benzene rings is 3. The van der Waals surface area contributed by atoms with E-state index in [0.717, 1.165) is 4.90 Å². The maximum Gasteiger partial charge on any atom is 0.338 e. The highest BCUT2D eigenvalue weighted by atomic mass is 35.5. The summed E-state index contributed by atoms with van der Waals surface area (Å²) < 4.78 is 5.19. The van der Waals surface area contributed by atoms with Crippen molar-refractivity contribution in [3.63, 3.8) is 0 Å². The molecule has 200 valence electrons. The Bertz CT molecular complexity index is 1500. The predicted molar refractivity (Wildman–Crippen MR) is 150 cm³/mol. The summed E-state index contributed by atoms with van der Waals surface area (Å²) in [4.78, 5) is 51.7. The van der Waals surface area contributed by atoms with Gasteiger partial charge in [-0.25, -0.2) is 9.69 Å². The summed E-state index contributed by atoms with van der Waals surface area (Å²) in [6.07, 6.45) is -0.331. The zero-order valence-corrected chi connectivity index (χ0v) is 23.0. The number of nitrogens with one attached hydrogen (secondary N) is 2. The Hall–Kier alpha value is -3.85. The summed E-state index contributed by atoms with van der Waals surface area (Å²) in [5.41, 5.74) is 1.73. The molecule has 0 fully saturated rings. The smallest absolute Gasteiger partial charge is 0.338 e. The number of amides is 3. The molecule has 11 heteroatoms. The maximum absolute atomic E-state index is 13.1. The number of rotatable bonds is 8. The minimum atomic E-state index is -0.740. The summed E-state index contributed by atoms with van der Waals surface area (Å²) >= 11 is 18.3. The SMILES string of the molecule is CC(C)OC(=O)c1cccc(N2C(=O)C(Cl)=C(Nc3ccc(C(=O)NCc4ccc(Cl)cc4Cl)cc3)C2=O)c1. The van der Waals surface area contributed by atoms with E-state index in [-0.39, 0.29) is 40.5 Å². The van der Waals surface area contributed by atoms with Crippen LogP contribution >= 0.6 is 34.8 Å². The van der Waals surface area contributed by atoms with Crippen LogP contribution in [0.2, 0.25) is 10.0 Å². The van der Waals surface area contributed by atoms with Crippen molar-refractivity contribution in [2.45, 2.75) is 26.5 Å². The molecular formula is C28H22Cl3N3O5. The van der Waals surface area contributed by atoms with E-state index < -0.39 is 17.8 Å². The van der Waals surface area contributed by atoms with Crippen molar-refractivity contribution in [1.29, 1.82) is 0 Å². The van der Waals surface area contributed by atoms with Gasteiger partial charge in [0.1, 0.15) is 10.7 Å². The molecule has 0 spiro atoms. The van der Waals surface area contributed by atoms with Gasteiger partial charge in [0.15, 0.2) is 0 Å². The number of hydrogen-bond donors (Lipinski definition) is 2. The zero-order valence-electron chi connectivity index (χ0n) is 20.8. The van der Waals surface area contributed by atoms with E-state index in [1.165, 1.54) is 24.3 Å². The van der Waals surface area contributed by atoms with Gasteiger partial charge in [-0.05, 0) is 74.0 Å². The van der Waals surface area contributed by atoms with E-state index in [2.05, 4.69) is 10.6 Å². The molecule has 1 aliphatic heterocycles. The van der Waals surface area contributed by atoms with E-state index in [1.54, 1.807) is 56.3 Å². The molecule has 3 amide bonds. The number of carbonyl (C=O) groups is 4. The van der Waals surface area contributed by atoms with Crippen molar-refractivity contribution in [3.8, 4) is 0 Å². The standard InChI is InChI=1S/C28H22Cl3N3O5/c1-15(2)39-28(38)17-4-3-5-21(12-17)34-26(36)23(31)24(27(34)37)33-20-10-7-16(8-11-20)25(35)32-14-18-6-9-19(29)13-22(18)30/h3-13,15,33H,14H2,1-2H3,(H,32,35). The fourth-order valence-corrected chi connectivity index (χ4v) is 4.38. The number of esters is 1. The van der Waals surface area contributed by atoms with Crippen LogP contribution in [-0.2, 0) is 20.9 Å². The van der Waals surface area contributed by atoms with Gasteiger partial charge in [0.25, 0.3) is 17.7 Å². The van der Waals surface area contributed by atoms with Crippen LogP contribution in [0.3, 0.4) is 0 Å². The quantitative estimate of drug-likeness (QED) is 0.251. The number of ether oxygens (including phenoxy) is 1. The van der Waals surface area contributed by atoms with Gasteiger partial charge in [-0.1, -0.05) is 46.9 Å². The molecule has 0 aromatic heterocycles. The average Bonchev–Trinajstić information content (AvgIpc) is 3.11. The molecule has 0 bridgehead atoms. The van der Waals surface area contributed by atoms with Crippen molar-refractivity contribution in [1.82, 2.24) is 5.32 Å². The first kappa shape index (κ1) is 28.2. The number of carbonyl (C=O) groups excluding carboxylic acids is 4. The van der Waals surface area contributed by atoms with E-state index in [1.807, 2.05) is 0 Å². The molecule has 4 rings (SSSR count). The lowest BCUT2D eigenvalue weighted by Crippen LogP contribution is -2.32. The van der Waals surface area contributed by atoms with Crippen LogP contribution in [0.5, 0.6) is 0 Å². The van der Waals surface area contributed by atoms with E-state index in [9.17, 15) is 19.2 Å². The monoisotopic (exact) mass is 585 g/mol. The Labute approximate surface area is 239 Å². The van der Waals surface area contributed by atoms with Crippen molar-refractivity contribution < 1.29 is 23.9 Å². The van der Waals surface area contributed by atoms with Crippen molar-refractivity contribution in [2.24, 2.45) is 0 Å². The molecule has 0 radical (unpaired) electrons. The van der Waals surface area contributed by atoms with Gasteiger partial charge in [-0.15, -0.1) is 0 Å². The summed E-state index contributed by atoms with van der Waals surface area (Å²) in [7, 11) is 0. The Balaban J connectivity index is 1.44.